The van der Waals surface area contributed by atoms with E-state index in [0.717, 1.165) is 16.7 Å². The van der Waals surface area contributed by atoms with Crippen molar-refractivity contribution in [3.8, 4) is 46.0 Å². The van der Waals surface area contributed by atoms with Crippen molar-refractivity contribution in [2.24, 2.45) is 11.8 Å². The zero-order chi connectivity index (χ0) is 37.8. The quantitative estimate of drug-likeness (QED) is 0.109. The summed E-state index contributed by atoms with van der Waals surface area (Å²) < 4.78 is 39.4. The molecule has 1 fully saturated rings. The van der Waals surface area contributed by atoms with Gasteiger partial charge in [0.05, 0.1) is 60.1 Å². The van der Waals surface area contributed by atoms with E-state index in [1.165, 1.54) is 33.5 Å². The minimum atomic E-state index is -1.28. The van der Waals surface area contributed by atoms with E-state index in [4.69, 9.17) is 33.2 Å². The molecule has 0 aliphatic carbocycles. The van der Waals surface area contributed by atoms with Gasteiger partial charge < -0.3 is 58.7 Å². The Kier molecular flexibility index (Phi) is 11.4. The molecule has 2 aliphatic heterocycles. The molecule has 5 N–H and O–H groups in total. The molecule has 4 aromatic rings. The number of ether oxygens (including phenoxy) is 7. The molecule has 0 saturated carbocycles. The molecule has 53 heavy (non-hydrogen) atoms. The normalized spacial score (nSPS) is 20.2. The zero-order valence-corrected chi connectivity index (χ0v) is 29.9. The second kappa shape index (κ2) is 16.1. The van der Waals surface area contributed by atoms with Crippen molar-refractivity contribution in [3.63, 3.8) is 0 Å². The van der Waals surface area contributed by atoms with Gasteiger partial charge in [0.25, 0.3) is 0 Å². The number of aliphatic hydroxyl groups is 3. The highest BCUT2D eigenvalue weighted by molar-refractivity contribution is 5.75. The van der Waals surface area contributed by atoms with Crippen molar-refractivity contribution >= 4 is 5.97 Å². The van der Waals surface area contributed by atoms with Crippen molar-refractivity contribution in [3.05, 3.63) is 94.5 Å². The summed E-state index contributed by atoms with van der Waals surface area (Å²) in [5.74, 6) is 0.587. The van der Waals surface area contributed by atoms with Gasteiger partial charge in [-0.2, -0.15) is 0 Å². The van der Waals surface area contributed by atoms with Crippen LogP contribution in [0.3, 0.4) is 0 Å². The molecule has 0 spiro atoms. The number of cyclic esters (lactones) is 1. The fraction of sp³-hybridized carbons (Fsp3) is 0.375. The number of aromatic hydroxyl groups is 2. The third-order valence-electron chi connectivity index (χ3n) is 9.95. The topological polar surface area (TPSA) is 183 Å². The highest BCUT2D eigenvalue weighted by Gasteiger charge is 2.40. The number of hydrogen-bond donors (Lipinski definition) is 5. The van der Waals surface area contributed by atoms with Crippen LogP contribution in [0.4, 0.5) is 0 Å². The number of aliphatic hydroxyl groups excluding tert-OH is 3. The molecule has 2 aliphatic rings. The van der Waals surface area contributed by atoms with E-state index in [1.54, 1.807) is 49.6 Å². The van der Waals surface area contributed by atoms with Crippen LogP contribution in [0.1, 0.15) is 45.9 Å². The molecule has 0 amide bonds. The monoisotopic (exact) mass is 732 g/mol. The third-order valence-corrected chi connectivity index (χ3v) is 9.95. The van der Waals surface area contributed by atoms with Crippen LogP contribution in [0.15, 0.2) is 66.7 Å². The summed E-state index contributed by atoms with van der Waals surface area (Å²) >= 11 is 0. The first-order valence-electron chi connectivity index (χ1n) is 17.1. The Hall–Kier alpha value is -5.37. The lowest BCUT2D eigenvalue weighted by Gasteiger charge is -2.24. The molecule has 2 heterocycles. The van der Waals surface area contributed by atoms with Gasteiger partial charge in [0.1, 0.15) is 12.2 Å². The largest absolute Gasteiger partial charge is 0.504 e. The summed E-state index contributed by atoms with van der Waals surface area (Å²) in [6.07, 6.45) is -2.11. The summed E-state index contributed by atoms with van der Waals surface area (Å²) in [6.45, 7) is -0.514. The van der Waals surface area contributed by atoms with Crippen LogP contribution in [0.5, 0.6) is 46.0 Å². The molecule has 13 heteroatoms. The maximum atomic E-state index is 13.1. The van der Waals surface area contributed by atoms with E-state index in [2.05, 4.69) is 0 Å². The van der Waals surface area contributed by atoms with E-state index < -0.39 is 36.8 Å². The van der Waals surface area contributed by atoms with E-state index in [-0.39, 0.29) is 48.1 Å². The van der Waals surface area contributed by atoms with Gasteiger partial charge >= 0.3 is 5.97 Å². The lowest BCUT2D eigenvalue weighted by atomic mass is 9.83. The number of carbonyl (C=O) groups is 1. The van der Waals surface area contributed by atoms with Gasteiger partial charge in [0.2, 0.25) is 0 Å². The van der Waals surface area contributed by atoms with Gasteiger partial charge in [-0.05, 0) is 77.6 Å². The average Bonchev–Trinajstić information content (AvgIpc) is 3.72. The highest BCUT2D eigenvalue weighted by atomic mass is 16.5. The number of methoxy groups -OCH3 is 4. The summed E-state index contributed by atoms with van der Waals surface area (Å²) in [4.78, 5) is 13.1. The van der Waals surface area contributed by atoms with Gasteiger partial charge in [0, 0.05) is 11.5 Å². The Morgan fingerprint density at radius 3 is 2.04 bits per heavy atom. The maximum absolute atomic E-state index is 13.1. The standard InChI is InChI=1S/C40H44O13/c1-47-31-9-6-23(16-29(31)43)37(45)36(19-42)52-33-8-5-21(14-34(33)49-3)12-26-25(20-51-40(26)46)11-22-13-27-28(18-41)38(53-39(27)35(15-22)50-4)24-7-10-32(48-2)30(44)17-24/h5-10,13-17,25-26,28,36-38,41-45H,11-12,18-20H2,1-4H3/t25-,26+,28-,36?,37?,38+/m0/s1. The SMILES string of the molecule is COc1ccc(C(O)C(CO)Oc2ccc(C[C@H]3C(=O)OC[C@@H]3Cc3cc(OC)c4c(c3)[C@H](CO)[C@@H](c3ccc(OC)c(O)c3)O4)cc2OC)cc1O. The first-order valence-corrected chi connectivity index (χ1v) is 17.1. The first-order chi connectivity index (χ1) is 25.6. The second-order valence-corrected chi connectivity index (χ2v) is 13.1. The zero-order valence-electron chi connectivity index (χ0n) is 29.9. The van der Waals surface area contributed by atoms with Gasteiger partial charge in [-0.1, -0.05) is 24.3 Å². The predicted molar refractivity (Wildman–Crippen MR) is 190 cm³/mol. The summed E-state index contributed by atoms with van der Waals surface area (Å²) in [6, 6.07) is 18.4. The molecule has 13 nitrogen and oxygen atoms in total. The van der Waals surface area contributed by atoms with Crippen molar-refractivity contribution in [1.29, 1.82) is 0 Å². The van der Waals surface area contributed by atoms with E-state index in [9.17, 15) is 30.3 Å². The van der Waals surface area contributed by atoms with Crippen LogP contribution < -0.4 is 28.4 Å². The molecule has 282 valence electrons. The Labute approximate surface area is 306 Å². The molecule has 2 unspecified atom stereocenters. The Morgan fingerprint density at radius 1 is 0.736 bits per heavy atom. The molecule has 0 bridgehead atoms. The number of rotatable bonds is 15. The average molecular weight is 733 g/mol. The molecular formula is C40H44O13. The fourth-order valence-electron chi connectivity index (χ4n) is 7.12. The van der Waals surface area contributed by atoms with Crippen LogP contribution in [-0.4, -0.2) is 85.9 Å². The minimum absolute atomic E-state index is 0.0367. The number of hydrogen-bond acceptors (Lipinski definition) is 13. The molecule has 0 aromatic heterocycles. The van der Waals surface area contributed by atoms with Crippen molar-refractivity contribution in [1.82, 2.24) is 0 Å². The van der Waals surface area contributed by atoms with Gasteiger partial charge in [0.15, 0.2) is 52.1 Å². The molecule has 1 saturated heterocycles. The van der Waals surface area contributed by atoms with E-state index >= 15 is 0 Å². The second-order valence-electron chi connectivity index (χ2n) is 13.1. The predicted octanol–water partition coefficient (Wildman–Crippen LogP) is 4.39. The van der Waals surface area contributed by atoms with Crippen molar-refractivity contribution in [2.45, 2.75) is 37.1 Å². The van der Waals surface area contributed by atoms with E-state index in [0.29, 0.717) is 47.0 Å². The van der Waals surface area contributed by atoms with Crippen LogP contribution >= 0.6 is 0 Å². The lowest BCUT2D eigenvalue weighted by molar-refractivity contribution is -0.141. The summed E-state index contributed by atoms with van der Waals surface area (Å²) in [7, 11) is 5.90. The van der Waals surface area contributed by atoms with Gasteiger partial charge in [-0.15, -0.1) is 0 Å². The highest BCUT2D eigenvalue weighted by Crippen LogP contribution is 2.52. The van der Waals surface area contributed by atoms with Crippen LogP contribution in [-0.2, 0) is 22.4 Å². The summed E-state index contributed by atoms with van der Waals surface area (Å²) in [5, 5.41) is 52.1. The number of benzene rings is 4. The Morgan fingerprint density at radius 2 is 1.40 bits per heavy atom. The van der Waals surface area contributed by atoms with Crippen LogP contribution in [0, 0.1) is 11.8 Å². The number of phenols is 2. The summed E-state index contributed by atoms with van der Waals surface area (Å²) in [5.41, 5.74) is 3.43. The molecular weight excluding hydrogens is 688 g/mol. The lowest BCUT2D eigenvalue weighted by Crippen LogP contribution is -2.29. The number of phenolic OH excluding ortho intramolecular Hbond substituents is 2. The third kappa shape index (κ3) is 7.59. The van der Waals surface area contributed by atoms with Crippen molar-refractivity contribution < 1.29 is 63.5 Å². The molecule has 6 rings (SSSR count). The molecule has 6 atom stereocenters. The number of fused-ring (bicyclic) bond motifs is 1. The minimum Gasteiger partial charge on any atom is -0.504 e. The van der Waals surface area contributed by atoms with Gasteiger partial charge in [-0.25, -0.2) is 0 Å². The Bertz CT molecular complexity index is 1930. The van der Waals surface area contributed by atoms with Gasteiger partial charge in [-0.3, -0.25) is 4.79 Å². The van der Waals surface area contributed by atoms with Crippen LogP contribution in [0.2, 0.25) is 0 Å². The molecule has 0 radical (unpaired) electrons. The number of carbonyl (C=O) groups excluding carboxylic acids is 1. The number of esters is 1. The fourth-order valence-corrected chi connectivity index (χ4v) is 7.12. The van der Waals surface area contributed by atoms with E-state index in [1.807, 2.05) is 12.1 Å². The van der Waals surface area contributed by atoms with Crippen molar-refractivity contribution in [2.75, 3.05) is 48.3 Å². The van der Waals surface area contributed by atoms with Crippen LogP contribution in [0.25, 0.3) is 0 Å². The molecule has 4 aromatic carbocycles. The maximum Gasteiger partial charge on any atom is 0.309 e. The Balaban J connectivity index is 1.18. The first kappa shape index (κ1) is 37.4. The smallest absolute Gasteiger partial charge is 0.309 e.